The number of carbonyl (C=O) groups is 3. The van der Waals surface area contributed by atoms with Gasteiger partial charge in [0.15, 0.2) is 0 Å². The normalized spacial score (nSPS) is 14.7. The van der Waals surface area contributed by atoms with Gasteiger partial charge in [-0.05, 0) is 51.1 Å². The second kappa shape index (κ2) is 12.7. The maximum atomic E-state index is 12.8. The number of nitrogens with two attached hydrogens (primary N) is 4. The highest BCUT2D eigenvalue weighted by Crippen LogP contribution is 2.16. The van der Waals surface area contributed by atoms with E-state index in [-0.39, 0.29) is 12.3 Å². The Labute approximate surface area is 155 Å². The van der Waals surface area contributed by atoms with Crippen LogP contribution in [0.1, 0.15) is 52.4 Å². The molecule has 0 aliphatic heterocycles. The van der Waals surface area contributed by atoms with Crippen molar-refractivity contribution in [1.29, 1.82) is 0 Å². The fourth-order valence-electron chi connectivity index (χ4n) is 2.52. The molecule has 0 aliphatic rings. The maximum absolute atomic E-state index is 12.8. The Kier molecular flexibility index (Phi) is 12.0. The fraction of sp³-hybridized carbons (Fsp3) is 0.824. The summed E-state index contributed by atoms with van der Waals surface area (Å²) in [4.78, 5) is 38.0. The minimum atomic E-state index is -1.30. The molecule has 3 unspecified atom stereocenters. The summed E-state index contributed by atoms with van der Waals surface area (Å²) in [5.41, 5.74) is 22.7. The van der Waals surface area contributed by atoms with E-state index in [9.17, 15) is 19.5 Å². The van der Waals surface area contributed by atoms with Crippen molar-refractivity contribution in [1.82, 2.24) is 4.90 Å². The zero-order valence-corrected chi connectivity index (χ0v) is 15.9. The van der Waals surface area contributed by atoms with Crippen molar-refractivity contribution >= 4 is 17.8 Å². The first-order chi connectivity index (χ1) is 12.2. The average Bonchev–Trinajstić information content (AvgIpc) is 2.59. The standard InChI is InChI=1S/C17H35N5O4/c1-11(2)14(21)16(24)22(13(17(25)26)8-4-6-10-19)15(23)12(20)7-3-5-9-18/h11-14H,3-10,18-21H2,1-2H3,(H,25,26). The molecule has 9 N–H and O–H groups in total. The number of amides is 2. The quantitative estimate of drug-likeness (QED) is 0.264. The van der Waals surface area contributed by atoms with E-state index >= 15 is 0 Å². The molecule has 0 aromatic heterocycles. The Balaban J connectivity index is 5.51. The monoisotopic (exact) mass is 373 g/mol. The van der Waals surface area contributed by atoms with E-state index in [1.54, 1.807) is 13.8 Å². The van der Waals surface area contributed by atoms with Crippen molar-refractivity contribution in [2.75, 3.05) is 13.1 Å². The van der Waals surface area contributed by atoms with Crippen molar-refractivity contribution in [2.45, 2.75) is 70.5 Å². The largest absolute Gasteiger partial charge is 0.480 e. The predicted octanol–water partition coefficient (Wildman–Crippen LogP) is -0.637. The third-order valence-corrected chi connectivity index (χ3v) is 4.29. The van der Waals surface area contributed by atoms with Gasteiger partial charge in [0.2, 0.25) is 11.8 Å². The van der Waals surface area contributed by atoms with Crippen LogP contribution in [-0.2, 0) is 14.4 Å². The molecule has 3 atom stereocenters. The molecule has 0 bridgehead atoms. The highest BCUT2D eigenvalue weighted by Gasteiger charge is 2.39. The van der Waals surface area contributed by atoms with Crippen LogP contribution in [0.15, 0.2) is 0 Å². The summed E-state index contributed by atoms with van der Waals surface area (Å²) in [6.07, 6.45) is 2.82. The lowest BCUT2D eigenvalue weighted by molar-refractivity contribution is -0.160. The molecule has 0 radical (unpaired) electrons. The average molecular weight is 373 g/mol. The number of hydrogen-bond acceptors (Lipinski definition) is 7. The van der Waals surface area contributed by atoms with Gasteiger partial charge in [-0.15, -0.1) is 0 Å². The molecule has 0 heterocycles. The Bertz CT molecular complexity index is 458. The van der Waals surface area contributed by atoms with Crippen LogP contribution in [0.3, 0.4) is 0 Å². The number of unbranched alkanes of at least 4 members (excludes halogenated alkanes) is 2. The topological polar surface area (TPSA) is 179 Å². The van der Waals surface area contributed by atoms with Gasteiger partial charge in [0.25, 0.3) is 0 Å². The van der Waals surface area contributed by atoms with E-state index in [2.05, 4.69) is 0 Å². The number of rotatable bonds is 13. The number of carboxylic acids is 1. The molecule has 0 saturated carbocycles. The van der Waals surface area contributed by atoms with Gasteiger partial charge in [-0.2, -0.15) is 0 Å². The minimum Gasteiger partial charge on any atom is -0.480 e. The molecule has 2 amide bonds. The third kappa shape index (κ3) is 7.77. The van der Waals surface area contributed by atoms with E-state index in [1.165, 1.54) is 0 Å². The lowest BCUT2D eigenvalue weighted by Gasteiger charge is -2.32. The maximum Gasteiger partial charge on any atom is 0.326 e. The molecule has 0 spiro atoms. The molecule has 0 rings (SSSR count). The van der Waals surface area contributed by atoms with Gasteiger partial charge >= 0.3 is 5.97 Å². The van der Waals surface area contributed by atoms with Crippen LogP contribution < -0.4 is 22.9 Å². The Morgan fingerprint density at radius 2 is 1.38 bits per heavy atom. The Morgan fingerprint density at radius 1 is 0.885 bits per heavy atom. The minimum absolute atomic E-state index is 0.115. The fourth-order valence-corrected chi connectivity index (χ4v) is 2.52. The molecule has 0 fully saturated rings. The van der Waals surface area contributed by atoms with Crippen LogP contribution in [0.5, 0.6) is 0 Å². The van der Waals surface area contributed by atoms with Crippen LogP contribution in [-0.4, -0.2) is 59.0 Å². The second-order valence-electron chi connectivity index (χ2n) is 6.85. The summed E-state index contributed by atoms with van der Waals surface area (Å²) < 4.78 is 0. The van der Waals surface area contributed by atoms with E-state index < -0.39 is 35.9 Å². The third-order valence-electron chi connectivity index (χ3n) is 4.29. The van der Waals surface area contributed by atoms with Gasteiger partial charge in [0.05, 0.1) is 12.1 Å². The summed E-state index contributed by atoms with van der Waals surface area (Å²) in [7, 11) is 0. The van der Waals surface area contributed by atoms with E-state index in [1.807, 2.05) is 0 Å². The van der Waals surface area contributed by atoms with Crippen LogP contribution in [0.25, 0.3) is 0 Å². The number of imide groups is 1. The van der Waals surface area contributed by atoms with Gasteiger partial charge < -0.3 is 28.0 Å². The van der Waals surface area contributed by atoms with Gasteiger partial charge in [0.1, 0.15) is 6.04 Å². The van der Waals surface area contributed by atoms with Crippen LogP contribution >= 0.6 is 0 Å². The van der Waals surface area contributed by atoms with Crippen molar-refractivity contribution in [3.63, 3.8) is 0 Å². The summed E-state index contributed by atoms with van der Waals surface area (Å²) in [6.45, 7) is 4.34. The van der Waals surface area contributed by atoms with Crippen LogP contribution in [0.2, 0.25) is 0 Å². The SMILES string of the molecule is CC(C)C(N)C(=O)N(C(=O)C(N)CCCCN)C(CCCCN)C(=O)O. The lowest BCUT2D eigenvalue weighted by atomic mass is 9.99. The first kappa shape index (κ1) is 24.5. The van der Waals surface area contributed by atoms with E-state index in [0.29, 0.717) is 45.2 Å². The zero-order chi connectivity index (χ0) is 20.3. The molecule has 0 aromatic rings. The molecule has 0 saturated heterocycles. The second-order valence-corrected chi connectivity index (χ2v) is 6.85. The number of aliphatic carboxylic acids is 1. The number of carbonyl (C=O) groups excluding carboxylic acids is 2. The van der Waals surface area contributed by atoms with Crippen molar-refractivity contribution in [3.8, 4) is 0 Å². The first-order valence-electron chi connectivity index (χ1n) is 9.20. The van der Waals surface area contributed by atoms with Gasteiger partial charge in [0, 0.05) is 0 Å². The first-order valence-corrected chi connectivity index (χ1v) is 9.20. The van der Waals surface area contributed by atoms with Crippen molar-refractivity contribution < 1.29 is 19.5 Å². The molecule has 26 heavy (non-hydrogen) atoms. The zero-order valence-electron chi connectivity index (χ0n) is 15.9. The summed E-state index contributed by atoms with van der Waals surface area (Å²) >= 11 is 0. The smallest absolute Gasteiger partial charge is 0.326 e. The molecule has 152 valence electrons. The number of nitrogens with zero attached hydrogens (tertiary/aromatic N) is 1. The Morgan fingerprint density at radius 3 is 1.81 bits per heavy atom. The van der Waals surface area contributed by atoms with E-state index in [4.69, 9.17) is 22.9 Å². The lowest BCUT2D eigenvalue weighted by Crippen LogP contribution is -2.59. The Hall–Kier alpha value is -1.55. The summed E-state index contributed by atoms with van der Waals surface area (Å²) in [5.74, 6) is -2.92. The summed E-state index contributed by atoms with van der Waals surface area (Å²) in [6, 6.07) is -3.25. The summed E-state index contributed by atoms with van der Waals surface area (Å²) in [5, 5.41) is 9.58. The molecule has 0 aromatic carbocycles. The van der Waals surface area contributed by atoms with Crippen molar-refractivity contribution in [2.24, 2.45) is 28.9 Å². The number of hydrogen-bond donors (Lipinski definition) is 5. The highest BCUT2D eigenvalue weighted by molar-refractivity contribution is 6.03. The van der Waals surface area contributed by atoms with E-state index in [0.717, 1.165) is 4.90 Å². The highest BCUT2D eigenvalue weighted by atomic mass is 16.4. The van der Waals surface area contributed by atoms with Crippen LogP contribution in [0.4, 0.5) is 0 Å². The van der Waals surface area contributed by atoms with Gasteiger partial charge in [-0.3, -0.25) is 14.5 Å². The molecular formula is C17H35N5O4. The van der Waals surface area contributed by atoms with Crippen molar-refractivity contribution in [3.05, 3.63) is 0 Å². The molecule has 0 aliphatic carbocycles. The molecule has 9 nitrogen and oxygen atoms in total. The number of carboxylic acid groups (broad SMARTS) is 1. The molecule has 9 heteroatoms. The van der Waals surface area contributed by atoms with Gasteiger partial charge in [-0.1, -0.05) is 20.3 Å². The molecular weight excluding hydrogens is 338 g/mol. The van der Waals surface area contributed by atoms with Crippen LogP contribution in [0, 0.1) is 5.92 Å². The predicted molar refractivity (Wildman–Crippen MR) is 99.9 cm³/mol. The van der Waals surface area contributed by atoms with Gasteiger partial charge in [-0.25, -0.2) is 4.79 Å².